The molecule has 1 aliphatic carbocycles. The topological polar surface area (TPSA) is 76.9 Å². The van der Waals surface area contributed by atoms with Gasteiger partial charge in [0.2, 0.25) is 5.91 Å². The number of benzene rings is 1. The maximum absolute atomic E-state index is 12.4. The number of ketones is 1. The summed E-state index contributed by atoms with van der Waals surface area (Å²) in [6, 6.07) is 11.6. The van der Waals surface area contributed by atoms with Gasteiger partial charge >= 0.3 is 0 Å². The number of anilines is 1. The van der Waals surface area contributed by atoms with E-state index in [0.29, 0.717) is 17.3 Å². The maximum Gasteiger partial charge on any atom is 0.234 e. The molecule has 1 aliphatic rings. The molecule has 28 heavy (non-hydrogen) atoms. The Bertz CT molecular complexity index is 994. The molecule has 6 nitrogen and oxygen atoms in total. The van der Waals surface area contributed by atoms with Crippen molar-refractivity contribution >= 4 is 40.5 Å². The van der Waals surface area contributed by atoms with E-state index in [-0.39, 0.29) is 17.4 Å². The highest BCUT2D eigenvalue weighted by atomic mass is 32.2. The Balaban J connectivity index is 1.40. The number of aromatic nitrogens is 3. The van der Waals surface area contributed by atoms with Crippen LogP contribution in [0.4, 0.5) is 5.69 Å². The lowest BCUT2D eigenvalue weighted by atomic mass is 10.1. The normalized spacial score (nSPS) is 13.5. The Hall–Kier alpha value is -2.45. The fraction of sp³-hybridized carbons (Fsp3) is 0.300. The van der Waals surface area contributed by atoms with Crippen LogP contribution in [0.2, 0.25) is 0 Å². The van der Waals surface area contributed by atoms with Crippen LogP contribution in [0.3, 0.4) is 0 Å². The molecular weight excluding hydrogens is 392 g/mol. The maximum atomic E-state index is 12.4. The Morgan fingerprint density at radius 3 is 2.82 bits per heavy atom. The molecular formula is C20H20N4O2S2. The number of hydrogen-bond acceptors (Lipinski definition) is 6. The van der Waals surface area contributed by atoms with Crippen LogP contribution in [-0.2, 0) is 11.2 Å². The van der Waals surface area contributed by atoms with E-state index < -0.39 is 0 Å². The van der Waals surface area contributed by atoms with Gasteiger partial charge < -0.3 is 9.88 Å². The van der Waals surface area contributed by atoms with Crippen molar-refractivity contribution in [3.05, 3.63) is 58.0 Å². The number of thiophene rings is 1. The largest absolute Gasteiger partial charge is 0.325 e. The van der Waals surface area contributed by atoms with Crippen LogP contribution in [0.15, 0.2) is 46.9 Å². The molecule has 1 aromatic carbocycles. The molecule has 0 radical (unpaired) electrons. The van der Waals surface area contributed by atoms with Crippen LogP contribution >= 0.6 is 23.1 Å². The van der Waals surface area contributed by atoms with Gasteiger partial charge in [0.15, 0.2) is 10.9 Å². The van der Waals surface area contributed by atoms with Crippen LogP contribution in [0.5, 0.6) is 0 Å². The number of Topliss-reactive ketones (excluding diaryl/α,β-unsaturated/α-hetero) is 1. The summed E-state index contributed by atoms with van der Waals surface area (Å²) in [5.74, 6) is 1.05. The van der Waals surface area contributed by atoms with Crippen molar-refractivity contribution in [1.29, 1.82) is 0 Å². The fourth-order valence-corrected chi connectivity index (χ4v) is 4.46. The first-order valence-corrected chi connectivity index (χ1v) is 11.0. The number of nitrogens with zero attached hydrogens (tertiary/aromatic N) is 3. The first kappa shape index (κ1) is 18.9. The van der Waals surface area contributed by atoms with Crippen LogP contribution in [-0.4, -0.2) is 32.2 Å². The molecule has 2 heterocycles. The second-order valence-electron chi connectivity index (χ2n) is 6.73. The van der Waals surface area contributed by atoms with Crippen LogP contribution in [0.1, 0.15) is 46.9 Å². The van der Waals surface area contributed by atoms with Crippen molar-refractivity contribution in [3.63, 3.8) is 0 Å². The second-order valence-corrected chi connectivity index (χ2v) is 8.70. The Morgan fingerprint density at radius 1 is 1.25 bits per heavy atom. The molecule has 8 heteroatoms. The molecule has 0 atom stereocenters. The third kappa shape index (κ3) is 4.51. The van der Waals surface area contributed by atoms with Gasteiger partial charge in [-0.25, -0.2) is 0 Å². The van der Waals surface area contributed by atoms with E-state index in [9.17, 15) is 9.59 Å². The van der Waals surface area contributed by atoms with Crippen LogP contribution in [0.25, 0.3) is 0 Å². The van der Waals surface area contributed by atoms with Crippen LogP contribution < -0.4 is 5.32 Å². The molecule has 1 fully saturated rings. The van der Waals surface area contributed by atoms with Gasteiger partial charge in [-0.3, -0.25) is 9.59 Å². The molecule has 1 amide bonds. The van der Waals surface area contributed by atoms with E-state index in [4.69, 9.17) is 0 Å². The minimum atomic E-state index is -0.129. The summed E-state index contributed by atoms with van der Waals surface area (Å²) in [5.41, 5.74) is 1.21. The van der Waals surface area contributed by atoms with E-state index in [1.165, 1.54) is 23.6 Å². The number of hydrogen-bond donors (Lipinski definition) is 1. The smallest absolute Gasteiger partial charge is 0.234 e. The Kier molecular flexibility index (Phi) is 5.59. The van der Waals surface area contributed by atoms with Crippen molar-refractivity contribution in [2.45, 2.75) is 37.4 Å². The molecule has 3 aromatic rings. The number of thioether (sulfide) groups is 1. The average Bonchev–Trinajstić information content (AvgIpc) is 3.23. The highest BCUT2D eigenvalue weighted by Gasteiger charge is 2.30. The first-order valence-electron chi connectivity index (χ1n) is 9.10. The lowest BCUT2D eigenvalue weighted by molar-refractivity contribution is -0.113. The lowest BCUT2D eigenvalue weighted by Gasteiger charge is -2.09. The zero-order valence-corrected chi connectivity index (χ0v) is 17.1. The summed E-state index contributed by atoms with van der Waals surface area (Å²) >= 11 is 3.11. The lowest BCUT2D eigenvalue weighted by Crippen LogP contribution is -2.15. The molecule has 1 N–H and O–H groups in total. The molecule has 4 rings (SSSR count). The van der Waals surface area contributed by atoms with Gasteiger partial charge in [0.1, 0.15) is 5.82 Å². The summed E-state index contributed by atoms with van der Waals surface area (Å²) in [6.45, 7) is 1.51. The van der Waals surface area contributed by atoms with Crippen molar-refractivity contribution < 1.29 is 9.59 Å². The van der Waals surface area contributed by atoms with Gasteiger partial charge in [0.05, 0.1) is 5.75 Å². The van der Waals surface area contributed by atoms with Gasteiger partial charge in [-0.05, 0) is 43.3 Å². The van der Waals surface area contributed by atoms with E-state index in [1.54, 1.807) is 35.6 Å². The zero-order chi connectivity index (χ0) is 19.5. The fourth-order valence-electron chi connectivity index (χ4n) is 2.94. The molecule has 2 aromatic heterocycles. The predicted molar refractivity (Wildman–Crippen MR) is 111 cm³/mol. The van der Waals surface area contributed by atoms with E-state index in [1.807, 2.05) is 6.07 Å². The van der Waals surface area contributed by atoms with Gasteiger partial charge in [-0.15, -0.1) is 21.5 Å². The highest BCUT2D eigenvalue weighted by Crippen LogP contribution is 2.39. The summed E-state index contributed by atoms with van der Waals surface area (Å²) in [5, 5.41) is 14.4. The Morgan fingerprint density at radius 2 is 2.11 bits per heavy atom. The van der Waals surface area contributed by atoms with Gasteiger partial charge in [-0.2, -0.15) is 0 Å². The Labute approximate surface area is 171 Å². The number of carbonyl (C=O) groups excluding carboxylic acids is 2. The van der Waals surface area contributed by atoms with Gasteiger partial charge in [-0.1, -0.05) is 30.0 Å². The van der Waals surface area contributed by atoms with Crippen molar-refractivity contribution in [3.8, 4) is 0 Å². The van der Waals surface area contributed by atoms with Gasteiger partial charge in [0.25, 0.3) is 0 Å². The molecule has 1 saturated carbocycles. The van der Waals surface area contributed by atoms with Crippen molar-refractivity contribution in [2.75, 3.05) is 11.1 Å². The van der Waals surface area contributed by atoms with E-state index in [0.717, 1.165) is 30.2 Å². The summed E-state index contributed by atoms with van der Waals surface area (Å²) in [6.07, 6.45) is 3.03. The second kappa shape index (κ2) is 8.28. The number of nitrogens with one attached hydrogen (secondary N) is 1. The standard InChI is InChI=1S/C20H20N4O2S2/c1-13(25)14-4-2-5-15(10-14)21-19(26)12-28-20-23-22-18(24(20)16-7-8-16)11-17-6-3-9-27-17/h2-6,9-10,16H,7-8,11-12H2,1H3,(H,21,26). The molecule has 0 aliphatic heterocycles. The molecule has 0 spiro atoms. The quantitative estimate of drug-likeness (QED) is 0.443. The SMILES string of the molecule is CC(=O)c1cccc(NC(=O)CSc2nnc(Cc3cccs3)n2C2CC2)c1. The van der Waals surface area contributed by atoms with Crippen LogP contribution in [0, 0.1) is 0 Å². The number of amides is 1. The van der Waals surface area contributed by atoms with Crippen molar-refractivity contribution in [2.24, 2.45) is 0 Å². The van der Waals surface area contributed by atoms with E-state index in [2.05, 4.69) is 31.5 Å². The highest BCUT2D eigenvalue weighted by molar-refractivity contribution is 7.99. The summed E-state index contributed by atoms with van der Waals surface area (Å²) < 4.78 is 2.19. The third-order valence-corrected chi connectivity index (χ3v) is 6.26. The molecule has 0 bridgehead atoms. The summed E-state index contributed by atoms with van der Waals surface area (Å²) in [7, 11) is 0. The minimum absolute atomic E-state index is 0.0266. The van der Waals surface area contributed by atoms with Crippen molar-refractivity contribution in [1.82, 2.24) is 14.8 Å². The monoisotopic (exact) mass is 412 g/mol. The molecule has 0 saturated heterocycles. The molecule has 0 unspecified atom stereocenters. The minimum Gasteiger partial charge on any atom is -0.325 e. The first-order chi connectivity index (χ1) is 13.6. The third-order valence-electron chi connectivity index (χ3n) is 4.44. The number of rotatable bonds is 8. The zero-order valence-electron chi connectivity index (χ0n) is 15.4. The summed E-state index contributed by atoms with van der Waals surface area (Å²) in [4.78, 5) is 25.1. The predicted octanol–water partition coefficient (Wildman–Crippen LogP) is 4.20. The number of carbonyl (C=O) groups is 2. The average molecular weight is 413 g/mol. The molecule has 144 valence electrons. The van der Waals surface area contributed by atoms with Gasteiger partial charge in [0, 0.05) is 28.6 Å². The van der Waals surface area contributed by atoms with E-state index >= 15 is 0 Å².